The lowest BCUT2D eigenvalue weighted by Crippen LogP contribution is -2.32. The van der Waals surface area contributed by atoms with Crippen LogP contribution in [-0.2, 0) is 14.2 Å². The van der Waals surface area contributed by atoms with Gasteiger partial charge in [-0.15, -0.1) is 0 Å². The number of benzene rings is 2. The van der Waals surface area contributed by atoms with Gasteiger partial charge < -0.3 is 14.2 Å². The molecule has 3 aromatic rings. The summed E-state index contributed by atoms with van der Waals surface area (Å²) < 4.78 is 19.0. The maximum atomic E-state index is 12.8. The second-order valence-corrected chi connectivity index (χ2v) is 8.90. The molecule has 0 saturated carbocycles. The summed E-state index contributed by atoms with van der Waals surface area (Å²) in [4.78, 5) is 41.9. The molecule has 2 aliphatic heterocycles. The van der Waals surface area contributed by atoms with Crippen LogP contribution in [0.15, 0.2) is 59.7 Å². The molecule has 9 heteroatoms. The first kappa shape index (κ1) is 23.6. The van der Waals surface area contributed by atoms with E-state index in [1.165, 1.54) is 17.1 Å². The fourth-order valence-electron chi connectivity index (χ4n) is 4.17. The molecule has 3 atom stereocenters. The molecule has 9 nitrogen and oxygen atoms in total. The third-order valence-corrected chi connectivity index (χ3v) is 6.22. The number of ketones is 1. The zero-order valence-corrected chi connectivity index (χ0v) is 19.9. The Morgan fingerprint density at radius 3 is 2.31 bits per heavy atom. The van der Waals surface area contributed by atoms with Crippen molar-refractivity contribution in [3.05, 3.63) is 82.5 Å². The topological polar surface area (TPSA) is 109 Å². The van der Waals surface area contributed by atoms with Gasteiger partial charge in [-0.1, -0.05) is 35.4 Å². The third kappa shape index (κ3) is 4.83. The van der Waals surface area contributed by atoms with Crippen molar-refractivity contribution in [2.24, 2.45) is 4.99 Å². The van der Waals surface area contributed by atoms with Gasteiger partial charge in [-0.25, -0.2) is 19.3 Å². The number of ether oxygens (including phenoxy) is 3. The second kappa shape index (κ2) is 9.87. The number of hydrogen-bond acceptors (Lipinski definition) is 8. The largest absolute Gasteiger partial charge is 0.459 e. The number of carbonyl (C=O) groups is 3. The lowest BCUT2D eigenvalue weighted by Gasteiger charge is -2.19. The number of aryl methyl sites for hydroxylation is 2. The van der Waals surface area contributed by atoms with Crippen LogP contribution in [0.5, 0.6) is 0 Å². The van der Waals surface area contributed by atoms with Crippen LogP contribution in [0.25, 0.3) is 0 Å². The number of aliphatic imine (C=N–C) groups is 1. The van der Waals surface area contributed by atoms with E-state index in [9.17, 15) is 14.4 Å². The Labute approximate surface area is 207 Å². The van der Waals surface area contributed by atoms with Gasteiger partial charge in [0.05, 0.1) is 22.9 Å². The number of hydrogen-bond donors (Lipinski definition) is 0. The number of rotatable bonds is 6. The number of esters is 2. The average molecular weight is 488 g/mol. The Balaban J connectivity index is 1.34. The van der Waals surface area contributed by atoms with Crippen molar-refractivity contribution < 1.29 is 28.6 Å². The summed E-state index contributed by atoms with van der Waals surface area (Å²) in [6.45, 7) is 3.74. The molecule has 36 heavy (non-hydrogen) atoms. The van der Waals surface area contributed by atoms with Gasteiger partial charge >= 0.3 is 11.9 Å². The van der Waals surface area contributed by atoms with Crippen molar-refractivity contribution in [1.82, 2.24) is 9.78 Å². The van der Waals surface area contributed by atoms with E-state index >= 15 is 0 Å². The summed E-state index contributed by atoms with van der Waals surface area (Å²) in [6, 6.07) is 14.1. The first-order chi connectivity index (χ1) is 17.4. The lowest BCUT2D eigenvalue weighted by atomic mass is 10.1. The molecule has 0 radical (unpaired) electrons. The van der Waals surface area contributed by atoms with Crippen molar-refractivity contribution in [2.75, 3.05) is 6.61 Å². The molecule has 184 valence electrons. The summed E-state index contributed by atoms with van der Waals surface area (Å²) >= 11 is 0. The van der Waals surface area contributed by atoms with Gasteiger partial charge in [-0.2, -0.15) is 5.10 Å². The van der Waals surface area contributed by atoms with Crippen LogP contribution in [0.3, 0.4) is 0 Å². The van der Waals surface area contributed by atoms with E-state index < -0.39 is 30.4 Å². The van der Waals surface area contributed by atoms with Crippen LogP contribution in [0.2, 0.25) is 0 Å². The van der Waals surface area contributed by atoms with Gasteiger partial charge in [0.25, 0.3) is 0 Å². The Hall–Kier alpha value is -4.11. The van der Waals surface area contributed by atoms with E-state index in [0.29, 0.717) is 22.5 Å². The molecule has 0 N–H and O–H groups in total. The fourth-order valence-corrected chi connectivity index (χ4v) is 4.17. The first-order valence-corrected chi connectivity index (χ1v) is 11.7. The van der Waals surface area contributed by atoms with E-state index in [1.807, 2.05) is 38.1 Å². The summed E-state index contributed by atoms with van der Waals surface area (Å²) in [7, 11) is 0. The minimum absolute atomic E-state index is 0.0739. The standard InChI is InChI=1S/C27H25N3O6/c1-16-3-7-18(8-4-16)26(32)34-15-23-22(36-27(33)19-9-5-17(2)6-10-19)13-24(35-23)30-25-20(14-29-30)21(31)11-12-28-25/h3-10,12,14,22-24H,11,13,15H2,1-2H3/t22-,23+,24+/m0/s1. The number of nitrogens with zero attached hydrogens (tertiary/aromatic N) is 3. The average Bonchev–Trinajstić information content (AvgIpc) is 3.48. The minimum atomic E-state index is -0.734. The van der Waals surface area contributed by atoms with E-state index in [4.69, 9.17) is 14.2 Å². The van der Waals surface area contributed by atoms with E-state index in [2.05, 4.69) is 10.1 Å². The highest BCUT2D eigenvalue weighted by molar-refractivity contribution is 6.09. The van der Waals surface area contributed by atoms with Crippen LogP contribution >= 0.6 is 0 Å². The maximum absolute atomic E-state index is 12.8. The fraction of sp³-hybridized carbons (Fsp3) is 0.296. The number of carbonyl (C=O) groups excluding carboxylic acids is 3. The minimum Gasteiger partial charge on any atom is -0.459 e. The van der Waals surface area contributed by atoms with E-state index in [1.54, 1.807) is 24.3 Å². The van der Waals surface area contributed by atoms with Crippen LogP contribution in [0, 0.1) is 13.8 Å². The Morgan fingerprint density at radius 1 is 1.00 bits per heavy atom. The van der Waals surface area contributed by atoms with Crippen molar-refractivity contribution >= 4 is 29.8 Å². The van der Waals surface area contributed by atoms with Gasteiger partial charge in [0.2, 0.25) is 0 Å². The molecule has 0 bridgehead atoms. The lowest BCUT2D eigenvalue weighted by molar-refractivity contribution is -0.0595. The van der Waals surface area contributed by atoms with Crippen LogP contribution in [0.4, 0.5) is 5.82 Å². The number of fused-ring (bicyclic) bond motifs is 1. The number of aromatic nitrogens is 2. The molecule has 5 rings (SSSR count). The van der Waals surface area contributed by atoms with Gasteiger partial charge in [-0.05, 0) is 38.1 Å². The van der Waals surface area contributed by atoms with Gasteiger partial charge in [-0.3, -0.25) is 4.79 Å². The molecule has 1 fully saturated rings. The molecule has 0 aliphatic carbocycles. The third-order valence-electron chi connectivity index (χ3n) is 6.22. The number of Topliss-reactive ketones (excluding diaryl/α,β-unsaturated/α-hetero) is 1. The molecule has 0 spiro atoms. The summed E-state index contributed by atoms with van der Waals surface area (Å²) in [5, 5.41) is 4.31. The molecular weight excluding hydrogens is 462 g/mol. The van der Waals surface area contributed by atoms with Gasteiger partial charge in [0.1, 0.15) is 18.8 Å². The Kier molecular flexibility index (Phi) is 6.47. The molecule has 2 aromatic carbocycles. The van der Waals surface area contributed by atoms with Crippen molar-refractivity contribution in [2.45, 2.75) is 45.1 Å². The SMILES string of the molecule is Cc1ccc(C(=O)OC[C@H]2O[C@@H](n3ncc4c3N=CCC4=O)C[C@@H]2OC(=O)c2ccc(C)cc2)cc1. The molecule has 0 amide bonds. The predicted molar refractivity (Wildman–Crippen MR) is 130 cm³/mol. The predicted octanol–water partition coefficient (Wildman–Crippen LogP) is 4.16. The normalized spacial score (nSPS) is 20.7. The van der Waals surface area contributed by atoms with Crippen molar-refractivity contribution in [3.8, 4) is 0 Å². The molecule has 0 unspecified atom stereocenters. The van der Waals surface area contributed by atoms with Crippen LogP contribution in [-0.4, -0.2) is 52.5 Å². The molecular formula is C27H25N3O6. The Bertz CT molecular complexity index is 1330. The van der Waals surface area contributed by atoms with Gasteiger partial charge in [0, 0.05) is 19.1 Å². The first-order valence-electron chi connectivity index (χ1n) is 11.7. The van der Waals surface area contributed by atoms with E-state index in [0.717, 1.165) is 11.1 Å². The van der Waals surface area contributed by atoms with Crippen molar-refractivity contribution in [3.63, 3.8) is 0 Å². The van der Waals surface area contributed by atoms with Crippen LogP contribution < -0.4 is 0 Å². The molecule has 1 aromatic heterocycles. The quantitative estimate of drug-likeness (QED) is 0.480. The molecule has 1 saturated heterocycles. The summed E-state index contributed by atoms with van der Waals surface area (Å²) in [5.74, 6) is -0.681. The maximum Gasteiger partial charge on any atom is 0.338 e. The zero-order valence-electron chi connectivity index (χ0n) is 19.9. The highest BCUT2D eigenvalue weighted by atomic mass is 16.6. The highest BCUT2D eigenvalue weighted by Gasteiger charge is 2.41. The molecule has 3 heterocycles. The van der Waals surface area contributed by atoms with Crippen molar-refractivity contribution in [1.29, 1.82) is 0 Å². The highest BCUT2D eigenvalue weighted by Crippen LogP contribution is 2.36. The summed E-state index contributed by atoms with van der Waals surface area (Å²) in [5.41, 5.74) is 3.29. The zero-order chi connectivity index (χ0) is 25.2. The van der Waals surface area contributed by atoms with Crippen LogP contribution in [0.1, 0.15) is 61.3 Å². The smallest absolute Gasteiger partial charge is 0.338 e. The monoisotopic (exact) mass is 487 g/mol. The van der Waals surface area contributed by atoms with E-state index in [-0.39, 0.29) is 25.2 Å². The second-order valence-electron chi connectivity index (χ2n) is 8.90. The summed E-state index contributed by atoms with van der Waals surface area (Å²) in [6.07, 6.45) is 1.37. The molecule has 2 aliphatic rings. The Morgan fingerprint density at radius 2 is 1.64 bits per heavy atom. The van der Waals surface area contributed by atoms with Gasteiger partial charge in [0.15, 0.2) is 17.8 Å².